The van der Waals surface area contributed by atoms with Gasteiger partial charge in [-0.3, -0.25) is 9.69 Å². The molecule has 1 saturated heterocycles. The van der Waals surface area contributed by atoms with Crippen molar-refractivity contribution < 1.29 is 4.79 Å². The van der Waals surface area contributed by atoms with Gasteiger partial charge in [0.1, 0.15) is 0 Å². The quantitative estimate of drug-likeness (QED) is 0.735. The Hall–Kier alpha value is -2.13. The second-order valence-corrected chi connectivity index (χ2v) is 8.92. The number of carbonyl (C=O) groups excluding carboxylic acids is 1. The van der Waals surface area contributed by atoms with Crippen LogP contribution in [0.4, 0.5) is 0 Å². The molecule has 1 N–H and O–H groups in total. The zero-order chi connectivity index (χ0) is 19.9. The average molecular weight is 391 g/mol. The second kappa shape index (κ2) is 10.1. The number of piperidine rings is 1. The maximum absolute atomic E-state index is 12.6. The van der Waals surface area contributed by atoms with Gasteiger partial charge in [0, 0.05) is 18.2 Å². The molecule has 1 aliphatic carbocycles. The molecule has 0 atom stereocenters. The molecule has 0 unspecified atom stereocenters. The zero-order valence-electron chi connectivity index (χ0n) is 17.5. The second-order valence-electron chi connectivity index (χ2n) is 8.92. The third kappa shape index (κ3) is 5.93. The van der Waals surface area contributed by atoms with Crippen LogP contribution in [-0.4, -0.2) is 29.9 Å². The summed E-state index contributed by atoms with van der Waals surface area (Å²) in [5, 5.41) is 3.24. The van der Waals surface area contributed by atoms with Crippen molar-refractivity contribution in [1.82, 2.24) is 10.2 Å². The van der Waals surface area contributed by atoms with Gasteiger partial charge in [0.25, 0.3) is 5.91 Å². The predicted molar refractivity (Wildman–Crippen MR) is 119 cm³/mol. The Morgan fingerprint density at radius 3 is 2.34 bits per heavy atom. The maximum Gasteiger partial charge on any atom is 0.251 e. The Kier molecular flexibility index (Phi) is 7.00. The molecule has 0 radical (unpaired) electrons. The SMILES string of the molecule is O=C(NC1CCCCC1)c1cccc(CN2CCC(Cc3ccccc3)CC2)c1. The Morgan fingerprint density at radius 1 is 0.862 bits per heavy atom. The summed E-state index contributed by atoms with van der Waals surface area (Å²) in [6, 6.07) is 19.5. The fourth-order valence-corrected chi connectivity index (χ4v) is 4.88. The number of carbonyl (C=O) groups is 1. The molecule has 0 bridgehead atoms. The summed E-state index contributed by atoms with van der Waals surface area (Å²) in [6.07, 6.45) is 9.77. The third-order valence-corrected chi connectivity index (χ3v) is 6.61. The fraction of sp³-hybridized carbons (Fsp3) is 0.500. The lowest BCUT2D eigenvalue weighted by atomic mass is 9.90. The number of hydrogen-bond donors (Lipinski definition) is 1. The largest absolute Gasteiger partial charge is 0.349 e. The van der Waals surface area contributed by atoms with Crippen molar-refractivity contribution >= 4 is 5.91 Å². The van der Waals surface area contributed by atoms with Crippen LogP contribution in [0.25, 0.3) is 0 Å². The maximum atomic E-state index is 12.6. The zero-order valence-corrected chi connectivity index (χ0v) is 17.5. The number of nitrogens with one attached hydrogen (secondary N) is 1. The van der Waals surface area contributed by atoms with Crippen molar-refractivity contribution in [3.8, 4) is 0 Å². The van der Waals surface area contributed by atoms with Gasteiger partial charge in [0.15, 0.2) is 0 Å². The van der Waals surface area contributed by atoms with Gasteiger partial charge >= 0.3 is 0 Å². The standard InChI is InChI=1S/C26H34N2O/c29-26(27-25-12-5-2-6-13-25)24-11-7-10-23(19-24)20-28-16-14-22(15-17-28)18-21-8-3-1-4-9-21/h1,3-4,7-11,19,22,25H,2,5-6,12-18,20H2,(H,27,29). The summed E-state index contributed by atoms with van der Waals surface area (Å²) in [5.74, 6) is 0.890. The molecule has 154 valence electrons. The molecule has 2 aliphatic rings. The number of likely N-dealkylation sites (tertiary alicyclic amines) is 1. The van der Waals surface area contributed by atoms with Gasteiger partial charge < -0.3 is 5.32 Å². The minimum Gasteiger partial charge on any atom is -0.349 e. The highest BCUT2D eigenvalue weighted by Gasteiger charge is 2.20. The Balaban J connectivity index is 1.26. The van der Waals surface area contributed by atoms with E-state index in [9.17, 15) is 4.79 Å². The first kappa shape index (κ1) is 20.2. The summed E-state index contributed by atoms with van der Waals surface area (Å²) in [7, 11) is 0. The number of rotatable bonds is 6. The highest BCUT2D eigenvalue weighted by Crippen LogP contribution is 2.23. The van der Waals surface area contributed by atoms with E-state index in [-0.39, 0.29) is 5.91 Å². The Morgan fingerprint density at radius 2 is 1.59 bits per heavy atom. The molecule has 2 aromatic carbocycles. The minimum atomic E-state index is 0.0975. The van der Waals surface area contributed by atoms with Crippen LogP contribution in [0.1, 0.15) is 66.4 Å². The lowest BCUT2D eigenvalue weighted by molar-refractivity contribution is 0.0927. The van der Waals surface area contributed by atoms with E-state index in [0.717, 1.165) is 44.0 Å². The van der Waals surface area contributed by atoms with Gasteiger partial charge in [-0.1, -0.05) is 61.7 Å². The molecular formula is C26H34N2O. The van der Waals surface area contributed by atoms with E-state index in [1.54, 1.807) is 0 Å². The lowest BCUT2D eigenvalue weighted by Gasteiger charge is -2.32. The van der Waals surface area contributed by atoms with Crippen LogP contribution in [0.2, 0.25) is 0 Å². The molecule has 3 heteroatoms. The smallest absolute Gasteiger partial charge is 0.251 e. The lowest BCUT2D eigenvalue weighted by Crippen LogP contribution is -2.36. The monoisotopic (exact) mass is 390 g/mol. The highest BCUT2D eigenvalue weighted by atomic mass is 16.1. The first-order valence-electron chi connectivity index (χ1n) is 11.4. The van der Waals surface area contributed by atoms with E-state index in [0.29, 0.717) is 6.04 Å². The molecule has 1 saturated carbocycles. The highest BCUT2D eigenvalue weighted by molar-refractivity contribution is 5.94. The number of hydrogen-bond acceptors (Lipinski definition) is 2. The van der Waals surface area contributed by atoms with Gasteiger partial charge in [-0.15, -0.1) is 0 Å². The molecule has 1 aliphatic heterocycles. The Labute approximate surface area is 175 Å². The molecule has 2 aromatic rings. The summed E-state index contributed by atoms with van der Waals surface area (Å²) in [4.78, 5) is 15.2. The van der Waals surface area contributed by atoms with Crippen LogP contribution >= 0.6 is 0 Å². The number of benzene rings is 2. The molecule has 29 heavy (non-hydrogen) atoms. The van der Waals surface area contributed by atoms with Crippen LogP contribution in [0.15, 0.2) is 54.6 Å². The first-order valence-corrected chi connectivity index (χ1v) is 11.4. The van der Waals surface area contributed by atoms with Gasteiger partial charge in [-0.25, -0.2) is 0 Å². The van der Waals surface area contributed by atoms with Crippen molar-refractivity contribution in [2.45, 2.75) is 64.0 Å². The van der Waals surface area contributed by atoms with Crippen molar-refractivity contribution in [1.29, 1.82) is 0 Å². The van der Waals surface area contributed by atoms with Gasteiger partial charge in [0.2, 0.25) is 0 Å². The van der Waals surface area contributed by atoms with Crippen molar-refractivity contribution in [3.05, 3.63) is 71.3 Å². The van der Waals surface area contributed by atoms with E-state index in [4.69, 9.17) is 0 Å². The average Bonchev–Trinajstić information content (AvgIpc) is 2.77. The van der Waals surface area contributed by atoms with Crippen molar-refractivity contribution in [3.63, 3.8) is 0 Å². The summed E-state index contributed by atoms with van der Waals surface area (Å²) in [6.45, 7) is 3.24. The van der Waals surface area contributed by atoms with Crippen LogP contribution in [0.5, 0.6) is 0 Å². The molecule has 0 spiro atoms. The number of amides is 1. The van der Waals surface area contributed by atoms with Gasteiger partial charge in [-0.05, 0) is 74.4 Å². The molecule has 1 heterocycles. The normalized spacial score (nSPS) is 19.2. The summed E-state index contributed by atoms with van der Waals surface area (Å²) in [5.41, 5.74) is 3.53. The van der Waals surface area contributed by atoms with E-state index in [1.807, 2.05) is 12.1 Å². The van der Waals surface area contributed by atoms with E-state index < -0.39 is 0 Å². The van der Waals surface area contributed by atoms with E-state index in [1.165, 1.54) is 49.7 Å². The van der Waals surface area contributed by atoms with Crippen LogP contribution < -0.4 is 5.32 Å². The van der Waals surface area contributed by atoms with Crippen LogP contribution in [0, 0.1) is 5.92 Å². The van der Waals surface area contributed by atoms with Gasteiger partial charge in [-0.2, -0.15) is 0 Å². The van der Waals surface area contributed by atoms with E-state index in [2.05, 4.69) is 52.7 Å². The molecule has 4 rings (SSSR count). The van der Waals surface area contributed by atoms with Crippen molar-refractivity contribution in [2.75, 3.05) is 13.1 Å². The van der Waals surface area contributed by atoms with E-state index >= 15 is 0 Å². The number of nitrogens with zero attached hydrogens (tertiary/aromatic N) is 1. The first-order chi connectivity index (χ1) is 14.3. The molecule has 0 aromatic heterocycles. The fourth-order valence-electron chi connectivity index (χ4n) is 4.88. The van der Waals surface area contributed by atoms with Crippen LogP contribution in [0.3, 0.4) is 0 Å². The van der Waals surface area contributed by atoms with Gasteiger partial charge in [0.05, 0.1) is 0 Å². The molecule has 3 nitrogen and oxygen atoms in total. The topological polar surface area (TPSA) is 32.3 Å². The Bertz CT molecular complexity index is 774. The molecule has 1 amide bonds. The van der Waals surface area contributed by atoms with Crippen molar-refractivity contribution in [2.24, 2.45) is 5.92 Å². The summed E-state index contributed by atoms with van der Waals surface area (Å²) >= 11 is 0. The van der Waals surface area contributed by atoms with Crippen LogP contribution in [-0.2, 0) is 13.0 Å². The third-order valence-electron chi connectivity index (χ3n) is 6.61. The molecule has 2 fully saturated rings. The molecular weight excluding hydrogens is 356 g/mol. The predicted octanol–water partition coefficient (Wildman–Crippen LogP) is 5.20. The summed E-state index contributed by atoms with van der Waals surface area (Å²) < 4.78 is 0. The minimum absolute atomic E-state index is 0.0975.